The summed E-state index contributed by atoms with van der Waals surface area (Å²) in [4.78, 5) is 4.71. The molecule has 1 aliphatic heterocycles. The van der Waals surface area contributed by atoms with Crippen LogP contribution >= 0.6 is 0 Å². The third-order valence-corrected chi connectivity index (χ3v) is 4.42. The molecule has 1 heterocycles. The van der Waals surface area contributed by atoms with E-state index in [4.69, 9.17) is 5.41 Å². The zero-order valence-corrected chi connectivity index (χ0v) is 13.0. The molecule has 0 radical (unpaired) electrons. The number of benzene rings is 1. The maximum absolute atomic E-state index is 8.33. The largest absolute Gasteiger partial charge is 0.350 e. The van der Waals surface area contributed by atoms with Gasteiger partial charge in [0.15, 0.2) is 0 Å². The van der Waals surface area contributed by atoms with E-state index < -0.39 is 0 Å². The first-order valence-corrected chi connectivity index (χ1v) is 7.83. The first-order valence-electron chi connectivity index (χ1n) is 7.83. The highest BCUT2D eigenvalue weighted by atomic mass is 15.2. The summed E-state index contributed by atoms with van der Waals surface area (Å²) in [7, 11) is 0. The summed E-state index contributed by atoms with van der Waals surface area (Å²) in [5.74, 6) is 0.705. The van der Waals surface area contributed by atoms with Gasteiger partial charge in [0.05, 0.1) is 0 Å². The molecule has 3 nitrogen and oxygen atoms in total. The molecule has 1 aromatic carbocycles. The zero-order chi connectivity index (χ0) is 14.5. The molecule has 1 atom stereocenters. The van der Waals surface area contributed by atoms with Crippen molar-refractivity contribution in [2.75, 3.05) is 19.6 Å². The fourth-order valence-electron chi connectivity index (χ4n) is 2.99. The average molecular weight is 273 g/mol. The van der Waals surface area contributed by atoms with Crippen molar-refractivity contribution in [2.45, 2.75) is 46.2 Å². The van der Waals surface area contributed by atoms with Crippen LogP contribution in [0, 0.1) is 5.41 Å². The SMILES string of the molecule is CCN(CC)CCCC(C)N1Cc2ccccc2C1=N. The Bertz CT molecular complexity index is 451. The van der Waals surface area contributed by atoms with Crippen molar-refractivity contribution in [3.05, 3.63) is 35.4 Å². The van der Waals surface area contributed by atoms with E-state index in [2.05, 4.69) is 48.8 Å². The van der Waals surface area contributed by atoms with Gasteiger partial charge in [-0.25, -0.2) is 0 Å². The summed E-state index contributed by atoms with van der Waals surface area (Å²) >= 11 is 0. The van der Waals surface area contributed by atoms with Gasteiger partial charge in [0.2, 0.25) is 0 Å². The van der Waals surface area contributed by atoms with Crippen molar-refractivity contribution in [3.8, 4) is 0 Å². The Morgan fingerprint density at radius 2 is 1.95 bits per heavy atom. The van der Waals surface area contributed by atoms with Crippen LogP contribution in [-0.2, 0) is 6.54 Å². The first kappa shape index (κ1) is 15.0. The average Bonchev–Trinajstić information content (AvgIpc) is 2.81. The monoisotopic (exact) mass is 273 g/mol. The summed E-state index contributed by atoms with van der Waals surface area (Å²) < 4.78 is 0. The van der Waals surface area contributed by atoms with E-state index >= 15 is 0 Å². The number of hydrogen-bond donors (Lipinski definition) is 1. The van der Waals surface area contributed by atoms with Crippen molar-refractivity contribution in [3.63, 3.8) is 0 Å². The lowest BCUT2D eigenvalue weighted by Crippen LogP contribution is -2.34. The Morgan fingerprint density at radius 3 is 2.60 bits per heavy atom. The summed E-state index contributed by atoms with van der Waals surface area (Å²) in [6.07, 6.45) is 2.37. The molecule has 1 aliphatic rings. The van der Waals surface area contributed by atoms with Crippen molar-refractivity contribution < 1.29 is 0 Å². The fourth-order valence-corrected chi connectivity index (χ4v) is 2.99. The molecule has 1 unspecified atom stereocenters. The van der Waals surface area contributed by atoms with Gasteiger partial charge < -0.3 is 9.80 Å². The van der Waals surface area contributed by atoms with Gasteiger partial charge in [-0.3, -0.25) is 5.41 Å². The van der Waals surface area contributed by atoms with E-state index in [0.29, 0.717) is 11.9 Å². The third kappa shape index (κ3) is 3.21. The lowest BCUT2D eigenvalue weighted by Gasteiger charge is -2.27. The van der Waals surface area contributed by atoms with Gasteiger partial charge in [-0.2, -0.15) is 0 Å². The van der Waals surface area contributed by atoms with Crippen LogP contribution in [0.2, 0.25) is 0 Å². The number of fused-ring (bicyclic) bond motifs is 1. The number of rotatable bonds is 7. The van der Waals surface area contributed by atoms with Crippen molar-refractivity contribution >= 4 is 5.84 Å². The molecule has 110 valence electrons. The summed E-state index contributed by atoms with van der Waals surface area (Å²) in [5.41, 5.74) is 2.41. The maximum Gasteiger partial charge on any atom is 0.128 e. The lowest BCUT2D eigenvalue weighted by atomic mass is 10.1. The molecule has 3 heteroatoms. The minimum Gasteiger partial charge on any atom is -0.350 e. The summed E-state index contributed by atoms with van der Waals surface area (Å²) in [6.45, 7) is 11.0. The molecular formula is C17H27N3. The highest BCUT2D eigenvalue weighted by Crippen LogP contribution is 2.25. The van der Waals surface area contributed by atoms with Crippen LogP contribution in [0.25, 0.3) is 0 Å². The van der Waals surface area contributed by atoms with E-state index in [1.54, 1.807) is 0 Å². The predicted molar refractivity (Wildman–Crippen MR) is 85.3 cm³/mol. The summed E-state index contributed by atoms with van der Waals surface area (Å²) in [6, 6.07) is 8.76. The quantitative estimate of drug-likeness (QED) is 0.826. The molecule has 1 aromatic rings. The fraction of sp³-hybridized carbons (Fsp3) is 0.588. The van der Waals surface area contributed by atoms with Crippen LogP contribution in [0.15, 0.2) is 24.3 Å². The van der Waals surface area contributed by atoms with Gasteiger partial charge in [-0.15, -0.1) is 0 Å². The molecule has 0 bridgehead atoms. The highest BCUT2D eigenvalue weighted by Gasteiger charge is 2.26. The van der Waals surface area contributed by atoms with Gasteiger partial charge in [0.1, 0.15) is 5.84 Å². The van der Waals surface area contributed by atoms with Crippen molar-refractivity contribution in [1.29, 1.82) is 5.41 Å². The van der Waals surface area contributed by atoms with Crippen LogP contribution < -0.4 is 0 Å². The Hall–Kier alpha value is -1.35. The normalized spacial score (nSPS) is 15.8. The second-order valence-electron chi connectivity index (χ2n) is 5.65. The topological polar surface area (TPSA) is 30.3 Å². The second-order valence-corrected chi connectivity index (χ2v) is 5.65. The smallest absolute Gasteiger partial charge is 0.128 e. The molecule has 0 aliphatic carbocycles. The van der Waals surface area contributed by atoms with E-state index in [9.17, 15) is 0 Å². The molecule has 1 N–H and O–H groups in total. The van der Waals surface area contributed by atoms with E-state index in [1.165, 1.54) is 18.5 Å². The van der Waals surface area contributed by atoms with Crippen LogP contribution in [0.1, 0.15) is 44.7 Å². The van der Waals surface area contributed by atoms with Crippen LogP contribution in [-0.4, -0.2) is 41.3 Å². The first-order chi connectivity index (χ1) is 9.67. The molecule has 0 spiro atoms. The standard InChI is InChI=1S/C17H27N3/c1-4-19(5-2)12-8-9-14(3)20-13-15-10-6-7-11-16(15)17(20)18/h6-7,10-11,14,18H,4-5,8-9,12-13H2,1-3H3. The molecular weight excluding hydrogens is 246 g/mol. The number of hydrogen-bond acceptors (Lipinski definition) is 2. The molecule has 0 amide bonds. The van der Waals surface area contributed by atoms with E-state index in [0.717, 1.165) is 31.6 Å². The van der Waals surface area contributed by atoms with Gasteiger partial charge >= 0.3 is 0 Å². The molecule has 0 aromatic heterocycles. The van der Waals surface area contributed by atoms with Gasteiger partial charge in [0.25, 0.3) is 0 Å². The maximum atomic E-state index is 8.33. The minimum atomic E-state index is 0.450. The lowest BCUT2D eigenvalue weighted by molar-refractivity contribution is 0.264. The molecule has 0 saturated carbocycles. The second kappa shape index (κ2) is 6.89. The van der Waals surface area contributed by atoms with Gasteiger partial charge in [-0.05, 0) is 45.0 Å². The van der Waals surface area contributed by atoms with Crippen molar-refractivity contribution in [1.82, 2.24) is 9.80 Å². The van der Waals surface area contributed by atoms with Crippen LogP contribution in [0.4, 0.5) is 0 Å². The molecule has 2 rings (SSSR count). The number of nitrogens with one attached hydrogen (secondary N) is 1. The highest BCUT2D eigenvalue weighted by molar-refractivity contribution is 6.00. The Labute approximate surface area is 123 Å². The van der Waals surface area contributed by atoms with Gasteiger partial charge in [0, 0.05) is 18.2 Å². The Kier molecular flexibility index (Phi) is 5.18. The molecule has 0 fully saturated rings. The van der Waals surface area contributed by atoms with Crippen LogP contribution in [0.3, 0.4) is 0 Å². The molecule has 20 heavy (non-hydrogen) atoms. The minimum absolute atomic E-state index is 0.450. The predicted octanol–water partition coefficient (Wildman–Crippen LogP) is 3.34. The summed E-state index contributed by atoms with van der Waals surface area (Å²) in [5, 5.41) is 8.33. The number of amidine groups is 1. The number of nitrogens with zero attached hydrogens (tertiary/aromatic N) is 2. The molecule has 0 saturated heterocycles. The van der Waals surface area contributed by atoms with Gasteiger partial charge in [-0.1, -0.05) is 38.1 Å². The van der Waals surface area contributed by atoms with Crippen molar-refractivity contribution in [2.24, 2.45) is 0 Å². The Balaban J connectivity index is 1.86. The Morgan fingerprint density at radius 1 is 1.25 bits per heavy atom. The third-order valence-electron chi connectivity index (χ3n) is 4.42. The zero-order valence-electron chi connectivity index (χ0n) is 13.0. The van der Waals surface area contributed by atoms with E-state index in [-0.39, 0.29) is 0 Å². The van der Waals surface area contributed by atoms with E-state index in [1.807, 2.05) is 6.07 Å². The van der Waals surface area contributed by atoms with Crippen LogP contribution in [0.5, 0.6) is 0 Å².